The maximum absolute atomic E-state index is 12.2. The molecule has 1 unspecified atom stereocenters. The average molecular weight is 372 g/mol. The van der Waals surface area contributed by atoms with E-state index in [-0.39, 0.29) is 11.9 Å². The summed E-state index contributed by atoms with van der Waals surface area (Å²) in [4.78, 5) is 12.2. The lowest BCUT2D eigenvalue weighted by molar-refractivity contribution is -0.117. The number of ether oxygens (including phenoxy) is 1. The SMILES string of the molecule is Cc1cccc(/C=C/C(=O)NC2CCOc3ccc(Br)cc32)c1. The van der Waals surface area contributed by atoms with Gasteiger partial charge < -0.3 is 10.1 Å². The van der Waals surface area contributed by atoms with Gasteiger partial charge in [0, 0.05) is 22.5 Å². The second-order valence-corrected chi connectivity index (χ2v) is 6.54. The van der Waals surface area contributed by atoms with Crippen molar-refractivity contribution in [2.45, 2.75) is 19.4 Å². The van der Waals surface area contributed by atoms with Crippen LogP contribution in [0.1, 0.15) is 29.2 Å². The van der Waals surface area contributed by atoms with Crippen LogP contribution in [0.3, 0.4) is 0 Å². The fourth-order valence-corrected chi connectivity index (χ4v) is 3.06. The number of nitrogens with one attached hydrogen (secondary N) is 1. The van der Waals surface area contributed by atoms with Gasteiger partial charge in [-0.15, -0.1) is 0 Å². The van der Waals surface area contributed by atoms with Crippen LogP contribution >= 0.6 is 15.9 Å². The Morgan fingerprint density at radius 3 is 3.00 bits per heavy atom. The van der Waals surface area contributed by atoms with Gasteiger partial charge in [-0.1, -0.05) is 45.8 Å². The Balaban J connectivity index is 1.71. The predicted molar refractivity (Wildman–Crippen MR) is 95.4 cm³/mol. The molecule has 1 aliphatic heterocycles. The summed E-state index contributed by atoms with van der Waals surface area (Å²) in [6, 6.07) is 13.9. The van der Waals surface area contributed by atoms with Gasteiger partial charge in [0.1, 0.15) is 5.75 Å². The molecule has 0 aromatic heterocycles. The first-order valence-corrected chi connectivity index (χ1v) is 8.38. The van der Waals surface area contributed by atoms with E-state index >= 15 is 0 Å². The standard InChI is InChI=1S/C19H18BrNO2/c1-13-3-2-4-14(11-13)5-8-19(22)21-17-9-10-23-18-7-6-15(20)12-16(17)18/h2-8,11-12,17H,9-10H2,1H3,(H,21,22)/b8-5+. The van der Waals surface area contributed by atoms with Crippen molar-refractivity contribution in [1.29, 1.82) is 0 Å². The fraction of sp³-hybridized carbons (Fsp3) is 0.211. The first kappa shape index (κ1) is 15.8. The van der Waals surface area contributed by atoms with Crippen molar-refractivity contribution in [2.24, 2.45) is 0 Å². The molecule has 0 saturated carbocycles. The second-order valence-electron chi connectivity index (χ2n) is 5.63. The summed E-state index contributed by atoms with van der Waals surface area (Å²) in [5.74, 6) is 0.747. The highest BCUT2D eigenvalue weighted by atomic mass is 79.9. The molecule has 3 nitrogen and oxygen atoms in total. The summed E-state index contributed by atoms with van der Waals surface area (Å²) in [6.45, 7) is 2.65. The summed E-state index contributed by atoms with van der Waals surface area (Å²) in [5, 5.41) is 3.06. The summed E-state index contributed by atoms with van der Waals surface area (Å²) in [6.07, 6.45) is 4.19. The quantitative estimate of drug-likeness (QED) is 0.811. The molecular formula is C19H18BrNO2. The predicted octanol–water partition coefficient (Wildman–Crippen LogP) is 4.41. The van der Waals surface area contributed by atoms with E-state index in [1.807, 2.05) is 55.5 Å². The molecule has 0 spiro atoms. The summed E-state index contributed by atoms with van der Waals surface area (Å²) in [7, 11) is 0. The maximum Gasteiger partial charge on any atom is 0.244 e. The number of amides is 1. The highest BCUT2D eigenvalue weighted by molar-refractivity contribution is 9.10. The number of aryl methyl sites for hydroxylation is 1. The van der Waals surface area contributed by atoms with E-state index < -0.39 is 0 Å². The fourth-order valence-electron chi connectivity index (χ4n) is 2.68. The molecule has 1 aliphatic rings. The number of hydrogen-bond donors (Lipinski definition) is 1. The Morgan fingerprint density at radius 2 is 2.17 bits per heavy atom. The Labute approximate surface area is 144 Å². The lowest BCUT2D eigenvalue weighted by atomic mass is 10.0. The van der Waals surface area contributed by atoms with Crippen LogP contribution in [0.5, 0.6) is 5.75 Å². The van der Waals surface area contributed by atoms with Crippen molar-refractivity contribution in [3.8, 4) is 5.75 Å². The molecule has 1 atom stereocenters. The zero-order chi connectivity index (χ0) is 16.2. The first-order chi connectivity index (χ1) is 11.1. The van der Waals surface area contributed by atoms with E-state index in [9.17, 15) is 4.79 Å². The summed E-state index contributed by atoms with van der Waals surface area (Å²) >= 11 is 3.47. The Hall–Kier alpha value is -2.07. The van der Waals surface area contributed by atoms with Crippen molar-refractivity contribution < 1.29 is 9.53 Å². The van der Waals surface area contributed by atoms with Crippen LogP contribution in [-0.4, -0.2) is 12.5 Å². The van der Waals surface area contributed by atoms with Crippen LogP contribution < -0.4 is 10.1 Å². The maximum atomic E-state index is 12.2. The molecule has 0 radical (unpaired) electrons. The van der Waals surface area contributed by atoms with Crippen LogP contribution in [-0.2, 0) is 4.79 Å². The second kappa shape index (κ2) is 7.01. The van der Waals surface area contributed by atoms with Gasteiger partial charge in [-0.25, -0.2) is 0 Å². The third-order valence-corrected chi connectivity index (χ3v) is 4.29. The third-order valence-electron chi connectivity index (χ3n) is 3.80. The van der Waals surface area contributed by atoms with Gasteiger partial charge in [0.25, 0.3) is 0 Å². The highest BCUT2D eigenvalue weighted by Gasteiger charge is 2.22. The number of halogens is 1. The first-order valence-electron chi connectivity index (χ1n) is 7.59. The summed E-state index contributed by atoms with van der Waals surface area (Å²) < 4.78 is 6.63. The highest BCUT2D eigenvalue weighted by Crippen LogP contribution is 2.34. The van der Waals surface area contributed by atoms with Crippen LogP contribution in [0.15, 0.2) is 53.0 Å². The van der Waals surface area contributed by atoms with Crippen molar-refractivity contribution in [2.75, 3.05) is 6.61 Å². The van der Waals surface area contributed by atoms with Crippen LogP contribution in [0, 0.1) is 6.92 Å². The van der Waals surface area contributed by atoms with Gasteiger partial charge in [-0.3, -0.25) is 4.79 Å². The van der Waals surface area contributed by atoms with Crippen LogP contribution in [0.2, 0.25) is 0 Å². The molecular weight excluding hydrogens is 354 g/mol. The van der Waals surface area contributed by atoms with Crippen molar-refractivity contribution in [3.05, 3.63) is 69.7 Å². The Bertz CT molecular complexity index is 755. The number of hydrogen-bond acceptors (Lipinski definition) is 2. The van der Waals surface area contributed by atoms with E-state index in [2.05, 4.69) is 21.2 Å². The van der Waals surface area contributed by atoms with Gasteiger partial charge in [0.05, 0.1) is 12.6 Å². The van der Waals surface area contributed by atoms with E-state index in [4.69, 9.17) is 4.74 Å². The van der Waals surface area contributed by atoms with Crippen molar-refractivity contribution >= 4 is 27.9 Å². The topological polar surface area (TPSA) is 38.3 Å². The van der Waals surface area contributed by atoms with Crippen molar-refractivity contribution in [3.63, 3.8) is 0 Å². The van der Waals surface area contributed by atoms with E-state index in [0.717, 1.165) is 27.8 Å². The van der Waals surface area contributed by atoms with Gasteiger partial charge in [-0.2, -0.15) is 0 Å². The molecule has 2 aromatic rings. The zero-order valence-corrected chi connectivity index (χ0v) is 14.5. The minimum atomic E-state index is -0.0932. The molecule has 1 heterocycles. The largest absolute Gasteiger partial charge is 0.493 e. The molecule has 1 amide bonds. The minimum absolute atomic E-state index is 0.0223. The van der Waals surface area contributed by atoms with Gasteiger partial charge >= 0.3 is 0 Å². The number of carbonyl (C=O) groups is 1. The van der Waals surface area contributed by atoms with Gasteiger partial charge in [0.2, 0.25) is 5.91 Å². The Morgan fingerprint density at radius 1 is 1.30 bits per heavy atom. The number of benzene rings is 2. The molecule has 3 rings (SSSR count). The van der Waals surface area contributed by atoms with Gasteiger partial charge in [0.15, 0.2) is 0 Å². The van der Waals surface area contributed by atoms with E-state index in [1.54, 1.807) is 6.08 Å². The van der Waals surface area contributed by atoms with Crippen molar-refractivity contribution in [1.82, 2.24) is 5.32 Å². The molecule has 0 aliphatic carbocycles. The molecule has 23 heavy (non-hydrogen) atoms. The molecule has 118 valence electrons. The zero-order valence-electron chi connectivity index (χ0n) is 12.9. The molecule has 1 N–H and O–H groups in total. The monoisotopic (exact) mass is 371 g/mol. The average Bonchev–Trinajstić information content (AvgIpc) is 2.54. The normalized spacial score (nSPS) is 16.7. The molecule has 0 saturated heterocycles. The number of fused-ring (bicyclic) bond motifs is 1. The number of carbonyl (C=O) groups excluding carboxylic acids is 1. The molecule has 4 heteroatoms. The molecule has 0 bridgehead atoms. The van der Waals surface area contributed by atoms with Gasteiger partial charge in [-0.05, 0) is 36.8 Å². The van der Waals surface area contributed by atoms with E-state index in [0.29, 0.717) is 6.61 Å². The third kappa shape index (κ3) is 4.02. The number of rotatable bonds is 3. The van der Waals surface area contributed by atoms with Crippen LogP contribution in [0.25, 0.3) is 6.08 Å². The molecule has 2 aromatic carbocycles. The smallest absolute Gasteiger partial charge is 0.244 e. The Kier molecular flexibility index (Phi) is 4.82. The van der Waals surface area contributed by atoms with Crippen LogP contribution in [0.4, 0.5) is 0 Å². The lowest BCUT2D eigenvalue weighted by Crippen LogP contribution is -2.31. The van der Waals surface area contributed by atoms with E-state index in [1.165, 1.54) is 5.56 Å². The minimum Gasteiger partial charge on any atom is -0.493 e. The lowest BCUT2D eigenvalue weighted by Gasteiger charge is -2.26. The summed E-state index contributed by atoms with van der Waals surface area (Å²) in [5.41, 5.74) is 3.22. The molecule has 0 fully saturated rings.